The van der Waals surface area contributed by atoms with Crippen molar-refractivity contribution in [3.8, 4) is 0 Å². The molecule has 20 heavy (non-hydrogen) atoms. The Bertz CT molecular complexity index is 297. The van der Waals surface area contributed by atoms with Gasteiger partial charge in [-0.1, -0.05) is 20.8 Å². The highest BCUT2D eigenvalue weighted by atomic mass is 16.5. The SMILES string of the molecule is CCOCCN1CCN(C(=O)[C@@H](N)C(C)C)CC1CC. The van der Waals surface area contributed by atoms with Crippen molar-refractivity contribution >= 4 is 5.91 Å². The monoisotopic (exact) mass is 285 g/mol. The smallest absolute Gasteiger partial charge is 0.239 e. The summed E-state index contributed by atoms with van der Waals surface area (Å²) in [6, 6.07) is 0.0509. The molecule has 118 valence electrons. The third kappa shape index (κ3) is 4.72. The van der Waals surface area contributed by atoms with E-state index < -0.39 is 0 Å². The van der Waals surface area contributed by atoms with E-state index in [4.69, 9.17) is 10.5 Å². The van der Waals surface area contributed by atoms with Gasteiger partial charge in [-0.2, -0.15) is 0 Å². The minimum atomic E-state index is -0.373. The average Bonchev–Trinajstić information content (AvgIpc) is 2.46. The zero-order chi connectivity index (χ0) is 15.1. The molecular weight excluding hydrogens is 254 g/mol. The van der Waals surface area contributed by atoms with Crippen LogP contribution in [0, 0.1) is 5.92 Å². The van der Waals surface area contributed by atoms with Crippen molar-refractivity contribution in [3.05, 3.63) is 0 Å². The van der Waals surface area contributed by atoms with Gasteiger partial charge in [-0.3, -0.25) is 9.69 Å². The lowest BCUT2D eigenvalue weighted by Crippen LogP contribution is -2.58. The molecular formula is C15H31N3O2. The molecule has 0 aromatic heterocycles. The number of rotatable bonds is 7. The van der Waals surface area contributed by atoms with Crippen LogP contribution >= 0.6 is 0 Å². The number of carbonyl (C=O) groups is 1. The third-order valence-electron chi connectivity index (χ3n) is 4.12. The molecule has 2 atom stereocenters. The maximum Gasteiger partial charge on any atom is 0.239 e. The van der Waals surface area contributed by atoms with Crippen molar-refractivity contribution < 1.29 is 9.53 Å². The summed E-state index contributed by atoms with van der Waals surface area (Å²) in [5.74, 6) is 0.293. The highest BCUT2D eigenvalue weighted by Crippen LogP contribution is 2.14. The summed E-state index contributed by atoms with van der Waals surface area (Å²) in [6.07, 6.45) is 1.05. The van der Waals surface area contributed by atoms with Crippen molar-refractivity contribution in [2.75, 3.05) is 39.4 Å². The summed E-state index contributed by atoms with van der Waals surface area (Å²) in [5.41, 5.74) is 5.99. The van der Waals surface area contributed by atoms with Crippen molar-refractivity contribution in [1.82, 2.24) is 9.80 Å². The van der Waals surface area contributed by atoms with Crippen molar-refractivity contribution in [1.29, 1.82) is 0 Å². The standard InChI is InChI=1S/C15H31N3O2/c1-5-13-11-18(15(19)14(16)12(3)4)8-7-17(13)9-10-20-6-2/h12-14H,5-11,16H2,1-4H3/t13?,14-/m0/s1. The zero-order valence-electron chi connectivity index (χ0n) is 13.5. The van der Waals surface area contributed by atoms with Gasteiger partial charge in [-0.15, -0.1) is 0 Å². The van der Waals surface area contributed by atoms with Gasteiger partial charge in [0.1, 0.15) is 0 Å². The Hall–Kier alpha value is -0.650. The van der Waals surface area contributed by atoms with Gasteiger partial charge in [0, 0.05) is 38.8 Å². The predicted molar refractivity (Wildman–Crippen MR) is 81.5 cm³/mol. The average molecular weight is 285 g/mol. The van der Waals surface area contributed by atoms with Gasteiger partial charge in [-0.05, 0) is 19.3 Å². The molecule has 0 saturated carbocycles. The van der Waals surface area contributed by atoms with Gasteiger partial charge in [0.2, 0.25) is 5.91 Å². The molecule has 1 heterocycles. The fraction of sp³-hybridized carbons (Fsp3) is 0.933. The molecule has 1 saturated heterocycles. The second-order valence-electron chi connectivity index (χ2n) is 5.85. The number of amides is 1. The van der Waals surface area contributed by atoms with Crippen molar-refractivity contribution in [3.63, 3.8) is 0 Å². The summed E-state index contributed by atoms with van der Waals surface area (Å²) >= 11 is 0. The van der Waals surface area contributed by atoms with Crippen LogP contribution in [0.4, 0.5) is 0 Å². The van der Waals surface area contributed by atoms with Crippen LogP contribution in [0.3, 0.4) is 0 Å². The molecule has 2 N–H and O–H groups in total. The third-order valence-corrected chi connectivity index (χ3v) is 4.12. The van der Waals surface area contributed by atoms with Gasteiger partial charge >= 0.3 is 0 Å². The number of ether oxygens (including phenoxy) is 1. The van der Waals surface area contributed by atoms with Crippen LogP contribution in [0.25, 0.3) is 0 Å². The summed E-state index contributed by atoms with van der Waals surface area (Å²) in [4.78, 5) is 16.7. The van der Waals surface area contributed by atoms with E-state index in [9.17, 15) is 4.79 Å². The lowest BCUT2D eigenvalue weighted by Gasteiger charge is -2.42. The largest absolute Gasteiger partial charge is 0.380 e. The van der Waals surface area contributed by atoms with E-state index >= 15 is 0 Å². The van der Waals surface area contributed by atoms with E-state index in [1.54, 1.807) is 0 Å². The normalized spacial score (nSPS) is 22.3. The second-order valence-corrected chi connectivity index (χ2v) is 5.85. The molecule has 0 aromatic carbocycles. The molecule has 1 unspecified atom stereocenters. The minimum absolute atomic E-state index is 0.0999. The molecule has 5 nitrogen and oxygen atoms in total. The van der Waals surface area contributed by atoms with Gasteiger partial charge in [0.05, 0.1) is 12.6 Å². The second kappa shape index (κ2) is 8.60. The molecule has 5 heteroatoms. The minimum Gasteiger partial charge on any atom is -0.380 e. The van der Waals surface area contributed by atoms with E-state index in [0.29, 0.717) is 6.04 Å². The Morgan fingerprint density at radius 2 is 2.05 bits per heavy atom. The first-order chi connectivity index (χ1) is 9.51. The van der Waals surface area contributed by atoms with Crippen LogP contribution < -0.4 is 5.73 Å². The van der Waals surface area contributed by atoms with Crippen LogP contribution in [0.5, 0.6) is 0 Å². The van der Waals surface area contributed by atoms with E-state index in [1.165, 1.54) is 0 Å². The van der Waals surface area contributed by atoms with Gasteiger partial charge in [0.25, 0.3) is 0 Å². The molecule has 1 rings (SSSR count). The highest BCUT2D eigenvalue weighted by Gasteiger charge is 2.31. The Morgan fingerprint density at radius 3 is 2.60 bits per heavy atom. The molecule has 1 aliphatic heterocycles. The number of hydrogen-bond donors (Lipinski definition) is 1. The van der Waals surface area contributed by atoms with Crippen molar-refractivity contribution in [2.24, 2.45) is 11.7 Å². The molecule has 0 radical (unpaired) electrons. The maximum atomic E-state index is 12.3. The number of nitrogens with two attached hydrogens (primary N) is 1. The first kappa shape index (κ1) is 17.4. The van der Waals surface area contributed by atoms with E-state index in [-0.39, 0.29) is 17.9 Å². The Kier molecular flexibility index (Phi) is 7.48. The Morgan fingerprint density at radius 1 is 1.35 bits per heavy atom. The fourth-order valence-corrected chi connectivity index (χ4v) is 2.60. The fourth-order valence-electron chi connectivity index (χ4n) is 2.60. The predicted octanol–water partition coefficient (Wildman–Crippen LogP) is 0.929. The first-order valence-electron chi connectivity index (χ1n) is 7.87. The van der Waals surface area contributed by atoms with E-state index in [2.05, 4.69) is 11.8 Å². The number of nitrogens with zero attached hydrogens (tertiary/aromatic N) is 2. The Balaban J connectivity index is 2.51. The van der Waals surface area contributed by atoms with Crippen molar-refractivity contribution in [2.45, 2.75) is 46.2 Å². The molecule has 0 aliphatic carbocycles. The zero-order valence-corrected chi connectivity index (χ0v) is 13.5. The highest BCUT2D eigenvalue weighted by molar-refractivity contribution is 5.82. The molecule has 1 amide bonds. The van der Waals surface area contributed by atoms with Crippen LogP contribution in [-0.2, 0) is 9.53 Å². The lowest BCUT2D eigenvalue weighted by molar-refractivity contribution is -0.136. The summed E-state index contributed by atoms with van der Waals surface area (Å²) < 4.78 is 5.43. The maximum absolute atomic E-state index is 12.3. The summed E-state index contributed by atoms with van der Waals surface area (Å²) in [6.45, 7) is 13.2. The summed E-state index contributed by atoms with van der Waals surface area (Å²) in [7, 11) is 0. The topological polar surface area (TPSA) is 58.8 Å². The summed E-state index contributed by atoms with van der Waals surface area (Å²) in [5, 5.41) is 0. The number of carbonyl (C=O) groups excluding carboxylic acids is 1. The van der Waals surface area contributed by atoms with Gasteiger partial charge < -0.3 is 15.4 Å². The quantitative estimate of drug-likeness (QED) is 0.707. The van der Waals surface area contributed by atoms with E-state index in [0.717, 1.165) is 45.8 Å². The molecule has 0 aromatic rings. The first-order valence-corrected chi connectivity index (χ1v) is 7.87. The molecule has 0 bridgehead atoms. The van der Waals surface area contributed by atoms with Gasteiger partial charge in [-0.25, -0.2) is 0 Å². The van der Waals surface area contributed by atoms with Crippen LogP contribution in [-0.4, -0.2) is 67.2 Å². The molecule has 1 fully saturated rings. The lowest BCUT2D eigenvalue weighted by atomic mass is 10.0. The van der Waals surface area contributed by atoms with E-state index in [1.807, 2.05) is 25.7 Å². The van der Waals surface area contributed by atoms with Crippen LogP contribution in [0.1, 0.15) is 34.1 Å². The van der Waals surface area contributed by atoms with Crippen LogP contribution in [0.2, 0.25) is 0 Å². The Labute approximate surface area is 123 Å². The molecule has 1 aliphatic rings. The number of hydrogen-bond acceptors (Lipinski definition) is 4. The van der Waals surface area contributed by atoms with Gasteiger partial charge in [0.15, 0.2) is 0 Å². The number of piperazine rings is 1. The van der Waals surface area contributed by atoms with Crippen LogP contribution in [0.15, 0.2) is 0 Å². The molecule has 0 spiro atoms.